The molecule has 1 rings (SSSR count). The van der Waals surface area contributed by atoms with Crippen molar-refractivity contribution in [1.82, 2.24) is 10.2 Å². The van der Waals surface area contributed by atoms with E-state index in [0.717, 1.165) is 18.9 Å². The number of hydrogen-bond acceptors (Lipinski definition) is 2. The van der Waals surface area contributed by atoms with Crippen molar-refractivity contribution in [3.05, 3.63) is 35.9 Å². The Kier molecular flexibility index (Phi) is 6.34. The molecule has 0 aliphatic rings. The average molecular weight is 244 g/mol. The Labute approximate surface area is 109 Å². The molecular weight excluding hydrogens is 224 g/mol. The molecule has 0 aromatic heterocycles. The van der Waals surface area contributed by atoms with Gasteiger partial charge in [-0.25, -0.2) is 4.99 Å². The lowest BCUT2D eigenvalue weighted by atomic mass is 10.2. The molecule has 0 fully saturated rings. The molecule has 0 radical (unpaired) electrons. The second-order valence-electron chi connectivity index (χ2n) is 4.21. The van der Waals surface area contributed by atoms with Gasteiger partial charge in [-0.2, -0.15) is 5.26 Å². The minimum atomic E-state index is 0.576. The van der Waals surface area contributed by atoms with Gasteiger partial charge in [-0.1, -0.05) is 30.3 Å². The first kappa shape index (κ1) is 14.0. The second-order valence-corrected chi connectivity index (χ2v) is 4.21. The van der Waals surface area contributed by atoms with E-state index in [9.17, 15) is 0 Å². The normalized spacial score (nSPS) is 10.8. The molecule has 0 amide bonds. The van der Waals surface area contributed by atoms with E-state index in [2.05, 4.69) is 28.5 Å². The van der Waals surface area contributed by atoms with Crippen LogP contribution in [0.25, 0.3) is 0 Å². The van der Waals surface area contributed by atoms with E-state index in [-0.39, 0.29) is 0 Å². The lowest BCUT2D eigenvalue weighted by molar-refractivity contribution is 0.575. The van der Waals surface area contributed by atoms with Crippen molar-refractivity contribution in [2.24, 2.45) is 4.99 Å². The molecule has 0 aliphatic carbocycles. The number of nitrogens with one attached hydrogen (secondary N) is 1. The van der Waals surface area contributed by atoms with Gasteiger partial charge in [-0.3, -0.25) is 0 Å². The van der Waals surface area contributed by atoms with Gasteiger partial charge >= 0.3 is 0 Å². The highest BCUT2D eigenvalue weighted by Crippen LogP contribution is 2.00. The molecule has 0 unspecified atom stereocenters. The van der Waals surface area contributed by atoms with Gasteiger partial charge in [0, 0.05) is 27.1 Å². The van der Waals surface area contributed by atoms with E-state index >= 15 is 0 Å². The van der Waals surface area contributed by atoms with Gasteiger partial charge in [0.05, 0.1) is 12.6 Å². The summed E-state index contributed by atoms with van der Waals surface area (Å²) in [7, 11) is 3.92. The molecule has 0 spiro atoms. The number of guanidine groups is 1. The lowest BCUT2D eigenvalue weighted by Gasteiger charge is -2.17. The Morgan fingerprint density at radius 1 is 1.33 bits per heavy atom. The largest absolute Gasteiger partial charge is 0.356 e. The topological polar surface area (TPSA) is 51.4 Å². The van der Waals surface area contributed by atoms with Crippen LogP contribution in [-0.4, -0.2) is 31.5 Å². The molecule has 4 heteroatoms. The van der Waals surface area contributed by atoms with Crippen LogP contribution in [0.1, 0.15) is 18.4 Å². The number of unbranched alkanes of at least 4 members (excludes halogenated alkanes) is 1. The highest BCUT2D eigenvalue weighted by Gasteiger charge is 2.00. The van der Waals surface area contributed by atoms with Gasteiger partial charge < -0.3 is 10.2 Å². The van der Waals surface area contributed by atoms with Crippen LogP contribution < -0.4 is 5.32 Å². The predicted octanol–water partition coefficient (Wildman–Crippen LogP) is 2.00. The second kappa shape index (κ2) is 8.13. The standard InChI is InChI=1S/C14H20N4/c1-18(2)14(16-11-7-6-10-15)17-12-13-8-4-3-5-9-13/h3-5,8-9H,6-7,11-12H2,1-2H3,(H,16,17). The first-order chi connectivity index (χ1) is 8.74. The fourth-order valence-electron chi connectivity index (χ4n) is 1.47. The van der Waals surface area contributed by atoms with E-state index in [1.807, 2.05) is 37.2 Å². The van der Waals surface area contributed by atoms with Crippen LogP contribution in [0.2, 0.25) is 0 Å². The van der Waals surface area contributed by atoms with Gasteiger partial charge in [0.1, 0.15) is 0 Å². The molecule has 18 heavy (non-hydrogen) atoms. The summed E-state index contributed by atoms with van der Waals surface area (Å²) in [5.74, 6) is 0.858. The minimum Gasteiger partial charge on any atom is -0.356 e. The van der Waals surface area contributed by atoms with Crippen molar-refractivity contribution >= 4 is 5.96 Å². The zero-order valence-electron chi connectivity index (χ0n) is 11.1. The minimum absolute atomic E-state index is 0.576. The van der Waals surface area contributed by atoms with Gasteiger partial charge in [-0.05, 0) is 12.0 Å². The summed E-state index contributed by atoms with van der Waals surface area (Å²) < 4.78 is 0. The molecule has 0 atom stereocenters. The molecule has 1 N–H and O–H groups in total. The van der Waals surface area contributed by atoms with Crippen molar-refractivity contribution in [2.75, 3.05) is 20.6 Å². The fourth-order valence-corrected chi connectivity index (χ4v) is 1.47. The molecule has 0 heterocycles. The summed E-state index contributed by atoms with van der Waals surface area (Å²) >= 11 is 0. The Balaban J connectivity index is 2.48. The molecule has 1 aromatic rings. The highest BCUT2D eigenvalue weighted by atomic mass is 15.3. The quantitative estimate of drug-likeness (QED) is 0.489. The summed E-state index contributed by atoms with van der Waals surface area (Å²) in [6.45, 7) is 1.44. The van der Waals surface area contributed by atoms with Crippen molar-refractivity contribution in [1.29, 1.82) is 5.26 Å². The molecule has 1 aromatic carbocycles. The molecule has 96 valence electrons. The monoisotopic (exact) mass is 244 g/mol. The number of nitrogens with zero attached hydrogens (tertiary/aromatic N) is 3. The third-order valence-electron chi connectivity index (χ3n) is 2.43. The van der Waals surface area contributed by atoms with Crippen LogP contribution in [0.15, 0.2) is 35.3 Å². The summed E-state index contributed by atoms with van der Waals surface area (Å²) in [5.41, 5.74) is 1.19. The van der Waals surface area contributed by atoms with E-state index < -0.39 is 0 Å². The van der Waals surface area contributed by atoms with Crippen LogP contribution in [0, 0.1) is 11.3 Å². The lowest BCUT2D eigenvalue weighted by Crippen LogP contribution is -2.37. The van der Waals surface area contributed by atoms with Crippen LogP contribution in [0.3, 0.4) is 0 Å². The third kappa shape index (κ3) is 5.35. The maximum Gasteiger partial charge on any atom is 0.193 e. The maximum atomic E-state index is 8.47. The molecule has 0 saturated heterocycles. The Bertz CT molecular complexity index is 404. The van der Waals surface area contributed by atoms with Crippen LogP contribution in [0.5, 0.6) is 0 Å². The van der Waals surface area contributed by atoms with E-state index in [4.69, 9.17) is 5.26 Å². The number of aliphatic imine (C=N–C) groups is 1. The number of nitriles is 1. The summed E-state index contributed by atoms with van der Waals surface area (Å²) in [6.07, 6.45) is 1.42. The molecular formula is C14H20N4. The van der Waals surface area contributed by atoms with Gasteiger partial charge in [0.25, 0.3) is 0 Å². The molecule has 4 nitrogen and oxygen atoms in total. The van der Waals surface area contributed by atoms with Crippen molar-refractivity contribution < 1.29 is 0 Å². The van der Waals surface area contributed by atoms with E-state index in [1.54, 1.807) is 0 Å². The van der Waals surface area contributed by atoms with Crippen molar-refractivity contribution in [3.63, 3.8) is 0 Å². The van der Waals surface area contributed by atoms with E-state index in [1.165, 1.54) is 5.56 Å². The number of hydrogen-bond donors (Lipinski definition) is 1. The third-order valence-corrected chi connectivity index (χ3v) is 2.43. The summed E-state index contributed by atoms with van der Waals surface area (Å²) in [5, 5.41) is 11.7. The molecule has 0 aliphatic heterocycles. The smallest absolute Gasteiger partial charge is 0.193 e. The fraction of sp³-hybridized carbons (Fsp3) is 0.429. The molecule has 0 saturated carbocycles. The van der Waals surface area contributed by atoms with Gasteiger partial charge in [-0.15, -0.1) is 0 Å². The Morgan fingerprint density at radius 2 is 2.06 bits per heavy atom. The Hall–Kier alpha value is -2.02. The zero-order valence-corrected chi connectivity index (χ0v) is 11.1. The predicted molar refractivity (Wildman–Crippen MR) is 74.1 cm³/mol. The number of rotatable bonds is 5. The van der Waals surface area contributed by atoms with Gasteiger partial charge in [0.15, 0.2) is 5.96 Å². The molecule has 0 bridgehead atoms. The Morgan fingerprint density at radius 3 is 2.67 bits per heavy atom. The average Bonchev–Trinajstić information content (AvgIpc) is 2.38. The first-order valence-corrected chi connectivity index (χ1v) is 6.10. The van der Waals surface area contributed by atoms with Crippen LogP contribution in [0.4, 0.5) is 0 Å². The van der Waals surface area contributed by atoms with Crippen molar-refractivity contribution in [2.45, 2.75) is 19.4 Å². The van der Waals surface area contributed by atoms with Crippen LogP contribution >= 0.6 is 0 Å². The van der Waals surface area contributed by atoms with Gasteiger partial charge in [0.2, 0.25) is 0 Å². The van der Waals surface area contributed by atoms with Crippen molar-refractivity contribution in [3.8, 4) is 6.07 Å². The van der Waals surface area contributed by atoms with Crippen LogP contribution in [-0.2, 0) is 6.54 Å². The summed E-state index contributed by atoms with van der Waals surface area (Å²) in [4.78, 5) is 6.49. The number of benzene rings is 1. The SMILES string of the molecule is CN(C)C(=NCc1ccccc1)NCCCC#N. The van der Waals surface area contributed by atoms with E-state index in [0.29, 0.717) is 13.0 Å². The zero-order chi connectivity index (χ0) is 13.2. The highest BCUT2D eigenvalue weighted by molar-refractivity contribution is 5.79. The summed E-state index contributed by atoms with van der Waals surface area (Å²) in [6, 6.07) is 12.3. The maximum absolute atomic E-state index is 8.47. The first-order valence-electron chi connectivity index (χ1n) is 6.10.